The molecule has 0 aliphatic rings. The van der Waals surface area contributed by atoms with Gasteiger partial charge in [-0.15, -0.1) is 0 Å². The van der Waals surface area contributed by atoms with E-state index in [9.17, 15) is 5.11 Å². The largest absolute Gasteiger partial charge is 0.388 e. The van der Waals surface area contributed by atoms with Crippen LogP contribution in [0.3, 0.4) is 0 Å². The summed E-state index contributed by atoms with van der Waals surface area (Å²) in [5, 5.41) is 16.4. The minimum atomic E-state index is -0.528. The van der Waals surface area contributed by atoms with Crippen LogP contribution in [0.1, 0.15) is 23.1 Å². The van der Waals surface area contributed by atoms with Crippen molar-refractivity contribution in [3.8, 4) is 0 Å². The van der Waals surface area contributed by atoms with Gasteiger partial charge in [-0.3, -0.25) is 0 Å². The zero-order chi connectivity index (χ0) is 15.4. The third-order valence-electron chi connectivity index (χ3n) is 4.15. The van der Waals surface area contributed by atoms with Crippen molar-refractivity contribution in [2.24, 2.45) is 0 Å². The third kappa shape index (κ3) is 3.03. The van der Waals surface area contributed by atoms with Crippen LogP contribution in [0.2, 0.25) is 0 Å². The van der Waals surface area contributed by atoms with Crippen molar-refractivity contribution in [3.05, 3.63) is 83.9 Å². The highest BCUT2D eigenvalue weighted by Crippen LogP contribution is 2.32. The number of hydrogen-bond donors (Lipinski definition) is 2. The van der Waals surface area contributed by atoms with Gasteiger partial charge in [0.25, 0.3) is 0 Å². The summed E-state index contributed by atoms with van der Waals surface area (Å²) in [6.07, 6.45) is -0.528. The maximum Gasteiger partial charge on any atom is 0.0870 e. The molecule has 0 aliphatic heterocycles. The van der Waals surface area contributed by atoms with Gasteiger partial charge in [0.15, 0.2) is 0 Å². The highest BCUT2D eigenvalue weighted by molar-refractivity contribution is 5.83. The fourth-order valence-electron chi connectivity index (χ4n) is 2.96. The Kier molecular flexibility index (Phi) is 4.52. The standard InChI is InChI=1S/C20H21NO/c1-21-14-19(16-8-3-2-4-9-16)20(22)18-12-11-15-7-5-6-10-17(15)13-18/h2-13,19-22H,14H2,1H3/t19-,20+/m0/s1. The Morgan fingerprint density at radius 1 is 0.818 bits per heavy atom. The molecule has 2 N–H and O–H groups in total. The zero-order valence-corrected chi connectivity index (χ0v) is 12.7. The molecule has 0 bridgehead atoms. The van der Waals surface area contributed by atoms with Gasteiger partial charge in [0.05, 0.1) is 6.10 Å². The summed E-state index contributed by atoms with van der Waals surface area (Å²) >= 11 is 0. The summed E-state index contributed by atoms with van der Waals surface area (Å²) in [6, 6.07) is 24.6. The molecule has 0 radical (unpaired) electrons. The minimum Gasteiger partial charge on any atom is -0.388 e. The fourth-order valence-corrected chi connectivity index (χ4v) is 2.96. The molecule has 0 spiro atoms. The van der Waals surface area contributed by atoms with E-state index in [1.54, 1.807) is 0 Å². The molecule has 0 amide bonds. The lowest BCUT2D eigenvalue weighted by Gasteiger charge is -2.24. The molecule has 3 aromatic carbocycles. The van der Waals surface area contributed by atoms with E-state index in [4.69, 9.17) is 0 Å². The topological polar surface area (TPSA) is 32.3 Å². The molecule has 0 fully saturated rings. The molecule has 0 saturated heterocycles. The Hall–Kier alpha value is -2.16. The second-order valence-electron chi connectivity index (χ2n) is 5.63. The maximum absolute atomic E-state index is 10.9. The number of aliphatic hydroxyl groups excluding tert-OH is 1. The molecule has 112 valence electrons. The van der Waals surface area contributed by atoms with Gasteiger partial charge in [-0.25, -0.2) is 0 Å². The Balaban J connectivity index is 1.96. The first-order valence-electron chi connectivity index (χ1n) is 7.66. The number of benzene rings is 3. The van der Waals surface area contributed by atoms with Crippen LogP contribution in [0.15, 0.2) is 72.8 Å². The van der Waals surface area contributed by atoms with Crippen molar-refractivity contribution in [1.82, 2.24) is 5.32 Å². The molecule has 3 rings (SSSR count). The SMILES string of the molecule is CNC[C@@H](c1ccccc1)[C@H](O)c1ccc2ccccc2c1. The average molecular weight is 291 g/mol. The maximum atomic E-state index is 10.9. The first-order chi connectivity index (χ1) is 10.8. The molecule has 2 nitrogen and oxygen atoms in total. The van der Waals surface area contributed by atoms with Crippen molar-refractivity contribution in [3.63, 3.8) is 0 Å². The van der Waals surface area contributed by atoms with Crippen LogP contribution in [0.5, 0.6) is 0 Å². The predicted molar refractivity (Wildman–Crippen MR) is 92.0 cm³/mol. The molecule has 0 heterocycles. The molecule has 22 heavy (non-hydrogen) atoms. The van der Waals surface area contributed by atoms with Gasteiger partial charge >= 0.3 is 0 Å². The molecular formula is C20H21NO. The van der Waals surface area contributed by atoms with Gasteiger partial charge in [0.2, 0.25) is 0 Å². The van der Waals surface area contributed by atoms with E-state index in [0.29, 0.717) is 0 Å². The van der Waals surface area contributed by atoms with E-state index < -0.39 is 6.10 Å². The summed E-state index contributed by atoms with van der Waals surface area (Å²) in [7, 11) is 1.92. The Bertz CT molecular complexity index is 739. The van der Waals surface area contributed by atoms with Crippen LogP contribution in [-0.4, -0.2) is 18.7 Å². The lowest BCUT2D eigenvalue weighted by atomic mass is 9.88. The van der Waals surface area contributed by atoms with Gasteiger partial charge in [-0.1, -0.05) is 66.7 Å². The van der Waals surface area contributed by atoms with Crippen LogP contribution >= 0.6 is 0 Å². The number of fused-ring (bicyclic) bond motifs is 1. The fraction of sp³-hybridized carbons (Fsp3) is 0.200. The second kappa shape index (κ2) is 6.73. The Morgan fingerprint density at radius 2 is 1.50 bits per heavy atom. The van der Waals surface area contributed by atoms with Crippen LogP contribution in [-0.2, 0) is 0 Å². The number of hydrogen-bond acceptors (Lipinski definition) is 2. The van der Waals surface area contributed by atoms with E-state index >= 15 is 0 Å². The lowest BCUT2D eigenvalue weighted by molar-refractivity contribution is 0.144. The van der Waals surface area contributed by atoms with Crippen LogP contribution in [0.4, 0.5) is 0 Å². The van der Waals surface area contributed by atoms with Crippen molar-refractivity contribution >= 4 is 10.8 Å². The summed E-state index contributed by atoms with van der Waals surface area (Å²) in [5.41, 5.74) is 2.11. The minimum absolute atomic E-state index is 0.0346. The monoisotopic (exact) mass is 291 g/mol. The van der Waals surface area contributed by atoms with E-state index in [2.05, 4.69) is 41.7 Å². The lowest BCUT2D eigenvalue weighted by Crippen LogP contribution is -2.23. The molecule has 0 saturated carbocycles. The quantitative estimate of drug-likeness (QED) is 0.748. The summed E-state index contributed by atoms with van der Waals surface area (Å²) in [4.78, 5) is 0. The summed E-state index contributed by atoms with van der Waals surface area (Å²) in [6.45, 7) is 0.734. The van der Waals surface area contributed by atoms with Crippen molar-refractivity contribution in [1.29, 1.82) is 0 Å². The van der Waals surface area contributed by atoms with Crippen LogP contribution < -0.4 is 5.32 Å². The van der Waals surface area contributed by atoms with Gasteiger partial charge in [-0.2, -0.15) is 0 Å². The molecular weight excluding hydrogens is 270 g/mol. The first-order valence-corrected chi connectivity index (χ1v) is 7.66. The van der Waals surface area contributed by atoms with Crippen molar-refractivity contribution in [2.45, 2.75) is 12.0 Å². The average Bonchev–Trinajstić information content (AvgIpc) is 2.59. The van der Waals surface area contributed by atoms with Crippen LogP contribution in [0, 0.1) is 0 Å². The number of likely N-dealkylation sites (N-methyl/N-ethyl adjacent to an activating group) is 1. The molecule has 2 heteroatoms. The zero-order valence-electron chi connectivity index (χ0n) is 12.7. The predicted octanol–water partition coefficient (Wildman–Crippen LogP) is 3.88. The number of nitrogens with one attached hydrogen (secondary N) is 1. The molecule has 0 aliphatic carbocycles. The Morgan fingerprint density at radius 3 is 2.23 bits per heavy atom. The normalized spacial score (nSPS) is 13.9. The number of aliphatic hydroxyl groups is 1. The van der Waals surface area contributed by atoms with E-state index in [-0.39, 0.29) is 5.92 Å². The molecule has 0 aromatic heterocycles. The molecule has 2 atom stereocenters. The first kappa shape index (κ1) is 14.8. The van der Waals surface area contributed by atoms with Crippen molar-refractivity contribution < 1.29 is 5.11 Å². The summed E-state index contributed by atoms with van der Waals surface area (Å²) in [5.74, 6) is 0.0346. The summed E-state index contributed by atoms with van der Waals surface area (Å²) < 4.78 is 0. The smallest absolute Gasteiger partial charge is 0.0870 e. The molecule has 3 aromatic rings. The second-order valence-corrected chi connectivity index (χ2v) is 5.63. The van der Waals surface area contributed by atoms with E-state index in [1.807, 2.05) is 43.4 Å². The molecule has 0 unspecified atom stereocenters. The highest BCUT2D eigenvalue weighted by atomic mass is 16.3. The van der Waals surface area contributed by atoms with Gasteiger partial charge < -0.3 is 10.4 Å². The highest BCUT2D eigenvalue weighted by Gasteiger charge is 2.22. The van der Waals surface area contributed by atoms with Crippen molar-refractivity contribution in [2.75, 3.05) is 13.6 Å². The van der Waals surface area contributed by atoms with Crippen LogP contribution in [0.25, 0.3) is 10.8 Å². The van der Waals surface area contributed by atoms with E-state index in [0.717, 1.165) is 23.1 Å². The third-order valence-corrected chi connectivity index (χ3v) is 4.15. The van der Waals surface area contributed by atoms with Gasteiger partial charge in [0, 0.05) is 12.5 Å². The van der Waals surface area contributed by atoms with Gasteiger partial charge in [-0.05, 0) is 35.0 Å². The van der Waals surface area contributed by atoms with Gasteiger partial charge in [0.1, 0.15) is 0 Å². The number of rotatable bonds is 5. The Labute approximate surface area is 131 Å². The van der Waals surface area contributed by atoms with E-state index in [1.165, 1.54) is 5.39 Å².